The summed E-state index contributed by atoms with van der Waals surface area (Å²) in [5, 5.41) is 3.71. The van der Waals surface area contributed by atoms with Crippen LogP contribution in [-0.4, -0.2) is 49.6 Å². The van der Waals surface area contributed by atoms with E-state index in [1.54, 1.807) is 0 Å². The normalized spacial score (nSPS) is 28.9. The first kappa shape index (κ1) is 14.1. The van der Waals surface area contributed by atoms with Crippen LogP contribution in [-0.2, 0) is 12.1 Å². The number of likely N-dealkylation sites (N-methyl/N-ethyl adjacent to an activating group) is 1. The van der Waals surface area contributed by atoms with Gasteiger partial charge in [0.15, 0.2) is 0 Å². The zero-order valence-electron chi connectivity index (χ0n) is 12.9. The molecule has 0 aromatic heterocycles. The summed E-state index contributed by atoms with van der Waals surface area (Å²) in [7, 11) is 2.22. The molecule has 1 aromatic rings. The quantitative estimate of drug-likeness (QED) is 0.909. The lowest BCUT2D eigenvalue weighted by Gasteiger charge is -2.34. The van der Waals surface area contributed by atoms with E-state index in [0.29, 0.717) is 0 Å². The minimum absolute atomic E-state index is 0.184. The number of benzene rings is 1. The number of nitrogens with one attached hydrogen (secondary N) is 1. The molecule has 0 radical (unpaired) electrons. The first-order valence-electron chi connectivity index (χ1n) is 7.92. The van der Waals surface area contributed by atoms with Crippen LogP contribution in [0, 0.1) is 0 Å². The van der Waals surface area contributed by atoms with Crippen molar-refractivity contribution < 1.29 is 0 Å². The van der Waals surface area contributed by atoms with E-state index in [1.807, 2.05) is 0 Å². The summed E-state index contributed by atoms with van der Waals surface area (Å²) in [6, 6.07) is 9.02. The van der Waals surface area contributed by atoms with Crippen LogP contribution in [0.15, 0.2) is 24.3 Å². The minimum atomic E-state index is 0.184. The molecule has 0 amide bonds. The van der Waals surface area contributed by atoms with Crippen molar-refractivity contribution in [3.05, 3.63) is 35.4 Å². The second-order valence-electron chi connectivity index (χ2n) is 6.60. The van der Waals surface area contributed by atoms with Crippen molar-refractivity contribution in [2.75, 3.05) is 39.8 Å². The van der Waals surface area contributed by atoms with Crippen LogP contribution in [0.2, 0.25) is 0 Å². The van der Waals surface area contributed by atoms with E-state index in [-0.39, 0.29) is 5.54 Å². The third-order valence-electron chi connectivity index (χ3n) is 4.97. The van der Waals surface area contributed by atoms with Gasteiger partial charge in [-0.05, 0) is 44.5 Å². The third kappa shape index (κ3) is 2.90. The smallest absolute Gasteiger partial charge is 0.0409 e. The molecule has 3 heteroatoms. The van der Waals surface area contributed by atoms with Crippen molar-refractivity contribution in [3.8, 4) is 0 Å². The van der Waals surface area contributed by atoms with Crippen molar-refractivity contribution in [3.63, 3.8) is 0 Å². The fourth-order valence-electron chi connectivity index (χ4n) is 3.57. The van der Waals surface area contributed by atoms with Gasteiger partial charge in [0.05, 0.1) is 0 Å². The van der Waals surface area contributed by atoms with Gasteiger partial charge in [-0.3, -0.25) is 4.90 Å². The fourth-order valence-corrected chi connectivity index (χ4v) is 3.57. The van der Waals surface area contributed by atoms with Crippen LogP contribution in [0.25, 0.3) is 0 Å². The van der Waals surface area contributed by atoms with Crippen molar-refractivity contribution >= 4 is 0 Å². The van der Waals surface area contributed by atoms with Crippen molar-refractivity contribution in [1.82, 2.24) is 15.1 Å². The van der Waals surface area contributed by atoms with E-state index in [2.05, 4.69) is 53.4 Å². The Balaban J connectivity index is 1.76. The molecule has 0 bridgehead atoms. The number of rotatable bonds is 3. The summed E-state index contributed by atoms with van der Waals surface area (Å²) in [6.07, 6.45) is 2.55. The lowest BCUT2D eigenvalue weighted by molar-refractivity contribution is 0.147. The van der Waals surface area contributed by atoms with Crippen LogP contribution >= 0.6 is 0 Å². The third-order valence-corrected chi connectivity index (χ3v) is 4.97. The summed E-state index contributed by atoms with van der Waals surface area (Å²) >= 11 is 0. The van der Waals surface area contributed by atoms with E-state index >= 15 is 0 Å². The van der Waals surface area contributed by atoms with Crippen LogP contribution in [0.3, 0.4) is 0 Å². The Labute approximate surface area is 123 Å². The summed E-state index contributed by atoms with van der Waals surface area (Å²) in [5.74, 6) is 0. The van der Waals surface area contributed by atoms with Crippen LogP contribution in [0.1, 0.15) is 30.9 Å². The molecule has 2 saturated heterocycles. The van der Waals surface area contributed by atoms with Gasteiger partial charge in [0.2, 0.25) is 0 Å². The van der Waals surface area contributed by atoms with Gasteiger partial charge in [0.25, 0.3) is 0 Å². The molecular formula is C17H27N3. The van der Waals surface area contributed by atoms with Gasteiger partial charge in [-0.15, -0.1) is 0 Å². The molecule has 3 nitrogen and oxygen atoms in total. The largest absolute Gasteiger partial charge is 0.308 e. The molecule has 1 N–H and O–H groups in total. The molecule has 0 aliphatic carbocycles. The average Bonchev–Trinajstić information content (AvgIpc) is 2.90. The van der Waals surface area contributed by atoms with Gasteiger partial charge in [-0.25, -0.2) is 0 Å². The van der Waals surface area contributed by atoms with Gasteiger partial charge in [-0.1, -0.05) is 24.3 Å². The van der Waals surface area contributed by atoms with E-state index in [0.717, 1.165) is 13.1 Å². The van der Waals surface area contributed by atoms with E-state index < -0.39 is 0 Å². The maximum Gasteiger partial charge on any atom is 0.0409 e. The van der Waals surface area contributed by atoms with Gasteiger partial charge in [-0.2, -0.15) is 0 Å². The Kier molecular flexibility index (Phi) is 4.11. The van der Waals surface area contributed by atoms with Gasteiger partial charge in [0, 0.05) is 38.3 Å². The molecule has 1 atom stereocenters. The molecule has 110 valence electrons. The van der Waals surface area contributed by atoms with Crippen molar-refractivity contribution in [1.29, 1.82) is 0 Å². The number of nitrogens with zero attached hydrogens (tertiary/aromatic N) is 2. The lowest BCUT2D eigenvalue weighted by atomic mass is 9.86. The molecule has 2 heterocycles. The predicted molar refractivity (Wildman–Crippen MR) is 83.8 cm³/mol. The fraction of sp³-hybridized carbons (Fsp3) is 0.647. The molecule has 1 unspecified atom stereocenters. The topological polar surface area (TPSA) is 18.5 Å². The SMILES string of the molecule is CN1CCN(Cc2ccccc2C2(C)CCCN2)CC1. The Hall–Kier alpha value is -0.900. The Bertz CT molecular complexity index is 443. The summed E-state index contributed by atoms with van der Waals surface area (Å²) in [6.45, 7) is 9.38. The number of hydrogen-bond donors (Lipinski definition) is 1. The summed E-state index contributed by atoms with van der Waals surface area (Å²) < 4.78 is 0. The Morgan fingerprint density at radius 3 is 2.60 bits per heavy atom. The maximum atomic E-state index is 3.71. The molecule has 1 aromatic carbocycles. The van der Waals surface area contributed by atoms with Gasteiger partial charge in [0.1, 0.15) is 0 Å². The molecule has 2 aliphatic rings. The highest BCUT2D eigenvalue weighted by Gasteiger charge is 2.32. The highest BCUT2D eigenvalue weighted by molar-refractivity contribution is 5.34. The molecule has 2 aliphatic heterocycles. The summed E-state index contributed by atoms with van der Waals surface area (Å²) in [4.78, 5) is 5.01. The highest BCUT2D eigenvalue weighted by Crippen LogP contribution is 2.33. The zero-order valence-corrected chi connectivity index (χ0v) is 12.9. The zero-order chi connectivity index (χ0) is 14.0. The molecular weight excluding hydrogens is 246 g/mol. The van der Waals surface area contributed by atoms with E-state index in [1.165, 1.54) is 50.1 Å². The van der Waals surface area contributed by atoms with E-state index in [4.69, 9.17) is 0 Å². The van der Waals surface area contributed by atoms with Crippen LogP contribution in [0.4, 0.5) is 0 Å². The molecule has 0 spiro atoms. The van der Waals surface area contributed by atoms with Crippen LogP contribution in [0.5, 0.6) is 0 Å². The standard InChI is InChI=1S/C17H27N3/c1-17(8-5-9-18-17)16-7-4-3-6-15(16)14-20-12-10-19(2)11-13-20/h3-4,6-7,18H,5,8-14H2,1-2H3. The predicted octanol–water partition coefficient (Wildman–Crippen LogP) is 2.03. The maximum absolute atomic E-state index is 3.71. The van der Waals surface area contributed by atoms with Crippen molar-refractivity contribution in [2.24, 2.45) is 0 Å². The molecule has 2 fully saturated rings. The lowest BCUT2D eigenvalue weighted by Crippen LogP contribution is -2.44. The summed E-state index contributed by atoms with van der Waals surface area (Å²) in [5.41, 5.74) is 3.20. The first-order valence-corrected chi connectivity index (χ1v) is 7.92. The number of hydrogen-bond acceptors (Lipinski definition) is 3. The second-order valence-corrected chi connectivity index (χ2v) is 6.60. The Morgan fingerprint density at radius 1 is 1.15 bits per heavy atom. The number of piperazine rings is 1. The molecule has 3 rings (SSSR count). The van der Waals surface area contributed by atoms with Crippen molar-refractivity contribution in [2.45, 2.75) is 31.8 Å². The molecule has 0 saturated carbocycles. The average molecular weight is 273 g/mol. The molecule has 20 heavy (non-hydrogen) atoms. The first-order chi connectivity index (χ1) is 9.67. The van der Waals surface area contributed by atoms with Gasteiger partial charge >= 0.3 is 0 Å². The second kappa shape index (κ2) is 5.84. The monoisotopic (exact) mass is 273 g/mol. The minimum Gasteiger partial charge on any atom is -0.308 e. The Morgan fingerprint density at radius 2 is 1.90 bits per heavy atom. The van der Waals surface area contributed by atoms with Gasteiger partial charge < -0.3 is 10.2 Å². The highest BCUT2D eigenvalue weighted by atomic mass is 15.2. The van der Waals surface area contributed by atoms with Crippen LogP contribution < -0.4 is 5.32 Å². The van der Waals surface area contributed by atoms with E-state index in [9.17, 15) is 0 Å².